The Morgan fingerprint density at radius 2 is 2.00 bits per heavy atom. The van der Waals surface area contributed by atoms with Gasteiger partial charge < -0.3 is 15.7 Å². The zero-order valence-electron chi connectivity index (χ0n) is 11.9. The van der Waals surface area contributed by atoms with E-state index in [1.54, 1.807) is 6.92 Å². The SMILES string of the molecule is CC(NCCC#N)C(=O)NC(Cc1ccccc1)C(=O)O. The van der Waals surface area contributed by atoms with Gasteiger partial charge in [-0.15, -0.1) is 0 Å². The number of amides is 1. The summed E-state index contributed by atoms with van der Waals surface area (Å²) in [6, 6.07) is 9.57. The number of carbonyl (C=O) groups is 2. The second-order valence-corrected chi connectivity index (χ2v) is 4.67. The molecule has 6 heteroatoms. The van der Waals surface area contributed by atoms with Crippen LogP contribution in [-0.4, -0.2) is 35.6 Å². The van der Waals surface area contributed by atoms with Gasteiger partial charge in [0, 0.05) is 19.4 Å². The molecular formula is C15H19N3O3. The fourth-order valence-electron chi connectivity index (χ4n) is 1.78. The quantitative estimate of drug-likeness (QED) is 0.611. The van der Waals surface area contributed by atoms with Crippen LogP contribution in [0.2, 0.25) is 0 Å². The molecule has 1 aromatic rings. The van der Waals surface area contributed by atoms with Crippen molar-refractivity contribution in [1.29, 1.82) is 5.26 Å². The fraction of sp³-hybridized carbons (Fsp3) is 0.400. The molecular weight excluding hydrogens is 270 g/mol. The number of hydrogen-bond acceptors (Lipinski definition) is 4. The molecule has 0 radical (unpaired) electrons. The normalized spacial score (nSPS) is 13.0. The first kappa shape index (κ1) is 16.7. The van der Waals surface area contributed by atoms with E-state index in [0.717, 1.165) is 5.56 Å². The molecule has 112 valence electrons. The minimum absolute atomic E-state index is 0.229. The summed E-state index contributed by atoms with van der Waals surface area (Å²) in [6.45, 7) is 2.02. The van der Waals surface area contributed by atoms with Crippen LogP contribution in [0.3, 0.4) is 0 Å². The van der Waals surface area contributed by atoms with Gasteiger partial charge in [-0.3, -0.25) is 4.79 Å². The first-order valence-electron chi connectivity index (χ1n) is 6.72. The third kappa shape index (κ3) is 6.06. The highest BCUT2D eigenvalue weighted by Crippen LogP contribution is 2.04. The molecule has 1 amide bonds. The van der Waals surface area contributed by atoms with Crippen molar-refractivity contribution < 1.29 is 14.7 Å². The predicted molar refractivity (Wildman–Crippen MR) is 77.4 cm³/mol. The Kier molecular flexibility index (Phi) is 6.92. The van der Waals surface area contributed by atoms with Crippen LogP contribution in [0.15, 0.2) is 30.3 Å². The van der Waals surface area contributed by atoms with Gasteiger partial charge in [-0.2, -0.15) is 5.26 Å². The number of carboxylic acids is 1. The molecule has 0 saturated heterocycles. The number of hydrogen-bond donors (Lipinski definition) is 3. The van der Waals surface area contributed by atoms with Crippen molar-refractivity contribution in [2.75, 3.05) is 6.54 Å². The highest BCUT2D eigenvalue weighted by molar-refractivity contribution is 5.86. The van der Waals surface area contributed by atoms with E-state index in [1.807, 2.05) is 36.4 Å². The van der Waals surface area contributed by atoms with Gasteiger partial charge in [0.15, 0.2) is 0 Å². The lowest BCUT2D eigenvalue weighted by atomic mass is 10.1. The Labute approximate surface area is 123 Å². The smallest absolute Gasteiger partial charge is 0.326 e. The maximum Gasteiger partial charge on any atom is 0.326 e. The molecule has 0 aliphatic rings. The Bertz CT molecular complexity index is 511. The lowest BCUT2D eigenvalue weighted by Crippen LogP contribution is -2.50. The summed E-state index contributed by atoms with van der Waals surface area (Å²) in [5.74, 6) is -1.47. The Morgan fingerprint density at radius 3 is 2.57 bits per heavy atom. The average Bonchev–Trinajstić information content (AvgIpc) is 2.47. The van der Waals surface area contributed by atoms with E-state index < -0.39 is 24.0 Å². The third-order valence-corrected chi connectivity index (χ3v) is 2.98. The Balaban J connectivity index is 2.56. The van der Waals surface area contributed by atoms with Crippen molar-refractivity contribution in [3.8, 4) is 6.07 Å². The molecule has 0 spiro atoms. The standard InChI is InChI=1S/C15H19N3O3/c1-11(17-9-5-8-16)14(19)18-13(15(20)21)10-12-6-3-2-4-7-12/h2-4,6-7,11,13,17H,5,9-10H2,1H3,(H,18,19)(H,20,21). The molecule has 3 N–H and O–H groups in total. The van der Waals surface area contributed by atoms with Crippen LogP contribution in [0.5, 0.6) is 0 Å². The molecule has 1 rings (SSSR count). The van der Waals surface area contributed by atoms with Crippen LogP contribution < -0.4 is 10.6 Å². The van der Waals surface area contributed by atoms with E-state index >= 15 is 0 Å². The van der Waals surface area contributed by atoms with Crippen molar-refractivity contribution in [2.45, 2.75) is 31.8 Å². The van der Waals surface area contributed by atoms with Gasteiger partial charge in [-0.05, 0) is 12.5 Å². The number of rotatable bonds is 8. The van der Waals surface area contributed by atoms with Gasteiger partial charge >= 0.3 is 5.97 Å². The fourth-order valence-corrected chi connectivity index (χ4v) is 1.78. The van der Waals surface area contributed by atoms with Crippen molar-refractivity contribution >= 4 is 11.9 Å². The molecule has 0 aliphatic heterocycles. The van der Waals surface area contributed by atoms with E-state index in [-0.39, 0.29) is 6.42 Å². The van der Waals surface area contributed by atoms with Gasteiger partial charge in [0.05, 0.1) is 12.1 Å². The second-order valence-electron chi connectivity index (χ2n) is 4.67. The second kappa shape index (κ2) is 8.72. The summed E-state index contributed by atoms with van der Waals surface area (Å²) < 4.78 is 0. The Hall–Kier alpha value is -2.39. The van der Waals surface area contributed by atoms with Gasteiger partial charge in [0.1, 0.15) is 6.04 Å². The van der Waals surface area contributed by atoms with Crippen LogP contribution in [0.4, 0.5) is 0 Å². The summed E-state index contributed by atoms with van der Waals surface area (Å²) in [7, 11) is 0. The van der Waals surface area contributed by atoms with Crippen molar-refractivity contribution in [3.05, 3.63) is 35.9 Å². The summed E-state index contributed by atoms with van der Waals surface area (Å²) in [6.07, 6.45) is 0.525. The topological polar surface area (TPSA) is 102 Å². The summed E-state index contributed by atoms with van der Waals surface area (Å²) in [5.41, 5.74) is 0.843. The number of benzene rings is 1. The third-order valence-electron chi connectivity index (χ3n) is 2.98. The first-order chi connectivity index (χ1) is 10.0. The Morgan fingerprint density at radius 1 is 1.33 bits per heavy atom. The maximum absolute atomic E-state index is 11.9. The van der Waals surface area contributed by atoms with Crippen LogP contribution in [0, 0.1) is 11.3 Å². The minimum Gasteiger partial charge on any atom is -0.480 e. The van der Waals surface area contributed by atoms with E-state index in [2.05, 4.69) is 10.6 Å². The summed E-state index contributed by atoms with van der Waals surface area (Å²) >= 11 is 0. The number of aliphatic carboxylic acids is 1. The molecule has 21 heavy (non-hydrogen) atoms. The molecule has 0 heterocycles. The van der Waals surface area contributed by atoms with Gasteiger partial charge in [0.25, 0.3) is 0 Å². The molecule has 0 bridgehead atoms. The summed E-state index contributed by atoms with van der Waals surface area (Å²) in [5, 5.41) is 23.0. The first-order valence-corrected chi connectivity index (χ1v) is 6.72. The van der Waals surface area contributed by atoms with E-state index in [9.17, 15) is 14.7 Å². The molecule has 2 unspecified atom stereocenters. The number of carbonyl (C=O) groups excluding carboxylic acids is 1. The van der Waals surface area contributed by atoms with Gasteiger partial charge in [-0.1, -0.05) is 30.3 Å². The number of nitriles is 1. The van der Waals surface area contributed by atoms with Crippen LogP contribution in [-0.2, 0) is 16.0 Å². The van der Waals surface area contributed by atoms with Crippen molar-refractivity contribution in [2.24, 2.45) is 0 Å². The maximum atomic E-state index is 11.9. The summed E-state index contributed by atoms with van der Waals surface area (Å²) in [4.78, 5) is 23.2. The molecule has 1 aromatic carbocycles. The van der Waals surface area contributed by atoms with Crippen molar-refractivity contribution in [1.82, 2.24) is 10.6 Å². The highest BCUT2D eigenvalue weighted by atomic mass is 16.4. The van der Waals surface area contributed by atoms with Crippen LogP contribution in [0.1, 0.15) is 18.9 Å². The largest absolute Gasteiger partial charge is 0.480 e. The molecule has 0 aliphatic carbocycles. The molecule has 0 aromatic heterocycles. The van der Waals surface area contributed by atoms with Crippen molar-refractivity contribution in [3.63, 3.8) is 0 Å². The van der Waals surface area contributed by atoms with E-state index in [1.165, 1.54) is 0 Å². The number of nitrogens with zero attached hydrogens (tertiary/aromatic N) is 1. The molecule has 6 nitrogen and oxygen atoms in total. The zero-order chi connectivity index (χ0) is 15.7. The van der Waals surface area contributed by atoms with E-state index in [0.29, 0.717) is 13.0 Å². The highest BCUT2D eigenvalue weighted by Gasteiger charge is 2.22. The molecule has 0 fully saturated rings. The zero-order valence-corrected chi connectivity index (χ0v) is 11.9. The van der Waals surface area contributed by atoms with E-state index in [4.69, 9.17) is 5.26 Å². The predicted octanol–water partition coefficient (Wildman–Crippen LogP) is 0.690. The lowest BCUT2D eigenvalue weighted by molar-refractivity contribution is -0.142. The number of nitrogens with one attached hydrogen (secondary N) is 2. The van der Waals surface area contributed by atoms with Crippen LogP contribution >= 0.6 is 0 Å². The minimum atomic E-state index is -1.07. The molecule has 0 saturated carbocycles. The number of carboxylic acid groups (broad SMARTS) is 1. The lowest BCUT2D eigenvalue weighted by Gasteiger charge is -2.18. The van der Waals surface area contributed by atoms with Gasteiger partial charge in [0.2, 0.25) is 5.91 Å². The van der Waals surface area contributed by atoms with Crippen LogP contribution in [0.25, 0.3) is 0 Å². The monoisotopic (exact) mass is 289 g/mol. The molecule has 2 atom stereocenters. The van der Waals surface area contributed by atoms with Gasteiger partial charge in [-0.25, -0.2) is 4.79 Å². The average molecular weight is 289 g/mol.